The molecular formula is C11H16N2O2S. The zero-order valence-electron chi connectivity index (χ0n) is 9.00. The Labute approximate surface area is 98.7 Å². The third-order valence-corrected chi connectivity index (χ3v) is 3.60. The third-order valence-electron chi connectivity index (χ3n) is 2.87. The predicted octanol–water partition coefficient (Wildman–Crippen LogP) is 1.12. The van der Waals surface area contributed by atoms with Crippen LogP contribution >= 0.6 is 11.3 Å². The van der Waals surface area contributed by atoms with Crippen LogP contribution in [-0.4, -0.2) is 34.6 Å². The lowest BCUT2D eigenvalue weighted by molar-refractivity contribution is -0.143. The first-order chi connectivity index (χ1) is 7.72. The van der Waals surface area contributed by atoms with Gasteiger partial charge in [-0.1, -0.05) is 0 Å². The highest BCUT2D eigenvalue weighted by Crippen LogP contribution is 2.30. The van der Waals surface area contributed by atoms with Crippen LogP contribution in [0.25, 0.3) is 0 Å². The first-order valence-electron chi connectivity index (χ1n) is 5.42. The van der Waals surface area contributed by atoms with Crippen molar-refractivity contribution in [2.45, 2.75) is 31.5 Å². The minimum atomic E-state index is -0.815. The van der Waals surface area contributed by atoms with Crippen molar-refractivity contribution in [3.05, 3.63) is 22.4 Å². The minimum absolute atomic E-state index is 0.177. The molecule has 1 atom stereocenters. The highest BCUT2D eigenvalue weighted by Gasteiger charge is 2.36. The first-order valence-corrected chi connectivity index (χ1v) is 6.36. The number of carboxylic acids is 1. The van der Waals surface area contributed by atoms with Crippen LogP contribution < -0.4 is 5.73 Å². The molecule has 0 amide bonds. The molecule has 1 aliphatic rings. The zero-order valence-corrected chi connectivity index (χ0v) is 9.82. The molecule has 4 nitrogen and oxygen atoms in total. The minimum Gasteiger partial charge on any atom is -0.480 e. The van der Waals surface area contributed by atoms with Gasteiger partial charge in [0.2, 0.25) is 0 Å². The standard InChI is InChI=1S/C11H16N2O2S/c12-5-10(11(14)15)13(9-1-2-9)6-8-3-4-16-7-8/h3-4,7,9-10H,1-2,5-6,12H2,(H,14,15). The molecule has 0 saturated heterocycles. The van der Waals surface area contributed by atoms with E-state index in [9.17, 15) is 4.79 Å². The quantitative estimate of drug-likeness (QED) is 0.782. The Balaban J connectivity index is 2.07. The summed E-state index contributed by atoms with van der Waals surface area (Å²) in [6.07, 6.45) is 2.18. The Kier molecular flexibility index (Phi) is 3.58. The van der Waals surface area contributed by atoms with E-state index >= 15 is 0 Å². The van der Waals surface area contributed by atoms with E-state index in [4.69, 9.17) is 10.8 Å². The summed E-state index contributed by atoms with van der Waals surface area (Å²) in [6.45, 7) is 0.873. The molecule has 0 aromatic carbocycles. The average Bonchev–Trinajstić information content (AvgIpc) is 2.96. The lowest BCUT2D eigenvalue weighted by Crippen LogP contribution is -2.46. The van der Waals surface area contributed by atoms with Gasteiger partial charge in [0.15, 0.2) is 0 Å². The van der Waals surface area contributed by atoms with Gasteiger partial charge >= 0.3 is 5.97 Å². The van der Waals surface area contributed by atoms with Gasteiger partial charge in [0.05, 0.1) is 0 Å². The highest BCUT2D eigenvalue weighted by molar-refractivity contribution is 7.07. The summed E-state index contributed by atoms with van der Waals surface area (Å²) >= 11 is 1.64. The van der Waals surface area contributed by atoms with Crippen LogP contribution in [0.1, 0.15) is 18.4 Å². The van der Waals surface area contributed by atoms with Crippen molar-refractivity contribution in [3.8, 4) is 0 Å². The smallest absolute Gasteiger partial charge is 0.322 e. The second-order valence-electron chi connectivity index (χ2n) is 4.12. The maximum absolute atomic E-state index is 11.1. The molecule has 1 aromatic heterocycles. The first kappa shape index (κ1) is 11.6. The molecule has 1 heterocycles. The number of carboxylic acid groups (broad SMARTS) is 1. The molecule has 1 fully saturated rings. The lowest BCUT2D eigenvalue weighted by Gasteiger charge is -2.27. The van der Waals surface area contributed by atoms with E-state index < -0.39 is 12.0 Å². The Morgan fingerprint density at radius 3 is 2.88 bits per heavy atom. The summed E-state index contributed by atoms with van der Waals surface area (Å²) < 4.78 is 0. The van der Waals surface area contributed by atoms with Gasteiger partial charge in [0.25, 0.3) is 0 Å². The normalized spacial score (nSPS) is 17.6. The fourth-order valence-corrected chi connectivity index (χ4v) is 2.53. The summed E-state index contributed by atoms with van der Waals surface area (Å²) in [5.41, 5.74) is 6.73. The van der Waals surface area contributed by atoms with Gasteiger partial charge in [-0.05, 0) is 35.2 Å². The van der Waals surface area contributed by atoms with Crippen LogP contribution in [0.3, 0.4) is 0 Å². The molecule has 1 unspecified atom stereocenters. The molecule has 1 aromatic rings. The van der Waals surface area contributed by atoms with Gasteiger partial charge in [0.1, 0.15) is 6.04 Å². The predicted molar refractivity (Wildman–Crippen MR) is 63.4 cm³/mol. The maximum atomic E-state index is 11.1. The van der Waals surface area contributed by atoms with Gasteiger partial charge in [-0.2, -0.15) is 11.3 Å². The number of hydrogen-bond acceptors (Lipinski definition) is 4. The average molecular weight is 240 g/mol. The topological polar surface area (TPSA) is 66.6 Å². The van der Waals surface area contributed by atoms with Gasteiger partial charge in [-0.3, -0.25) is 9.69 Å². The monoisotopic (exact) mass is 240 g/mol. The van der Waals surface area contributed by atoms with Crippen molar-refractivity contribution >= 4 is 17.3 Å². The van der Waals surface area contributed by atoms with Crippen LogP contribution in [0, 0.1) is 0 Å². The van der Waals surface area contributed by atoms with Crippen LogP contribution in [0.4, 0.5) is 0 Å². The molecular weight excluding hydrogens is 224 g/mol. The maximum Gasteiger partial charge on any atom is 0.322 e. The molecule has 0 spiro atoms. The second-order valence-corrected chi connectivity index (χ2v) is 4.90. The Bertz CT molecular complexity index is 349. The Hall–Kier alpha value is -0.910. The Morgan fingerprint density at radius 2 is 2.44 bits per heavy atom. The highest BCUT2D eigenvalue weighted by atomic mass is 32.1. The summed E-state index contributed by atoms with van der Waals surface area (Å²) in [5.74, 6) is -0.815. The number of thiophene rings is 1. The number of aliphatic carboxylic acids is 1. The van der Waals surface area contributed by atoms with Crippen molar-refractivity contribution in [3.63, 3.8) is 0 Å². The summed E-state index contributed by atoms with van der Waals surface area (Å²) in [6, 6.07) is 1.90. The molecule has 5 heteroatoms. The molecule has 16 heavy (non-hydrogen) atoms. The van der Waals surface area contributed by atoms with Gasteiger partial charge < -0.3 is 10.8 Å². The van der Waals surface area contributed by atoms with E-state index in [1.165, 1.54) is 5.56 Å². The van der Waals surface area contributed by atoms with E-state index in [1.807, 2.05) is 16.3 Å². The fraction of sp³-hybridized carbons (Fsp3) is 0.545. The molecule has 0 bridgehead atoms. The van der Waals surface area contributed by atoms with E-state index in [2.05, 4.69) is 5.38 Å². The third kappa shape index (κ3) is 2.61. The van der Waals surface area contributed by atoms with Crippen LogP contribution in [0.2, 0.25) is 0 Å². The summed E-state index contributed by atoms with van der Waals surface area (Å²) in [4.78, 5) is 13.1. The summed E-state index contributed by atoms with van der Waals surface area (Å²) in [5, 5.41) is 13.2. The van der Waals surface area contributed by atoms with E-state index in [0.717, 1.165) is 12.8 Å². The molecule has 3 N–H and O–H groups in total. The van der Waals surface area contributed by atoms with Crippen LogP contribution in [0.5, 0.6) is 0 Å². The van der Waals surface area contributed by atoms with E-state index in [0.29, 0.717) is 12.6 Å². The van der Waals surface area contributed by atoms with Crippen molar-refractivity contribution in [2.24, 2.45) is 5.73 Å². The molecule has 0 radical (unpaired) electrons. The fourth-order valence-electron chi connectivity index (χ4n) is 1.87. The second kappa shape index (κ2) is 4.95. The molecule has 1 aliphatic carbocycles. The van der Waals surface area contributed by atoms with Crippen molar-refractivity contribution in [1.29, 1.82) is 0 Å². The zero-order chi connectivity index (χ0) is 11.5. The van der Waals surface area contributed by atoms with Crippen molar-refractivity contribution in [1.82, 2.24) is 4.90 Å². The molecule has 1 saturated carbocycles. The van der Waals surface area contributed by atoms with Crippen LogP contribution in [-0.2, 0) is 11.3 Å². The number of nitrogens with zero attached hydrogens (tertiary/aromatic N) is 1. The molecule has 2 rings (SSSR count). The summed E-state index contributed by atoms with van der Waals surface area (Å²) in [7, 11) is 0. The number of rotatable bonds is 6. The SMILES string of the molecule is NCC(C(=O)O)N(Cc1ccsc1)C1CC1. The lowest BCUT2D eigenvalue weighted by atomic mass is 10.2. The van der Waals surface area contributed by atoms with Crippen molar-refractivity contribution < 1.29 is 9.90 Å². The number of hydrogen-bond donors (Lipinski definition) is 2. The van der Waals surface area contributed by atoms with E-state index in [-0.39, 0.29) is 6.54 Å². The van der Waals surface area contributed by atoms with Gasteiger partial charge in [0, 0.05) is 19.1 Å². The van der Waals surface area contributed by atoms with E-state index in [1.54, 1.807) is 11.3 Å². The van der Waals surface area contributed by atoms with Gasteiger partial charge in [-0.15, -0.1) is 0 Å². The molecule has 88 valence electrons. The number of nitrogens with two attached hydrogens (primary N) is 1. The molecule has 0 aliphatic heterocycles. The number of carbonyl (C=O) groups is 1. The largest absolute Gasteiger partial charge is 0.480 e. The Morgan fingerprint density at radius 1 is 1.69 bits per heavy atom. The van der Waals surface area contributed by atoms with Gasteiger partial charge in [-0.25, -0.2) is 0 Å². The van der Waals surface area contributed by atoms with Crippen molar-refractivity contribution in [2.75, 3.05) is 6.54 Å². The van der Waals surface area contributed by atoms with Crippen LogP contribution in [0.15, 0.2) is 16.8 Å².